The Bertz CT molecular complexity index is 1040. The molecule has 184 valence electrons. The lowest BCUT2D eigenvalue weighted by Gasteiger charge is -2.30. The van der Waals surface area contributed by atoms with Crippen LogP contribution in [0.1, 0.15) is 74.3 Å². The molecule has 1 heterocycles. The molecule has 0 radical (unpaired) electrons. The van der Waals surface area contributed by atoms with Crippen LogP contribution in [0, 0.1) is 12.8 Å². The van der Waals surface area contributed by atoms with Crippen LogP contribution in [0.4, 0.5) is 5.69 Å². The summed E-state index contributed by atoms with van der Waals surface area (Å²) in [6.45, 7) is 4.04. The number of nitrogen functional groups attached to an aromatic ring is 1. The zero-order chi connectivity index (χ0) is 24.2. The number of aryl methyl sites for hydroxylation is 1. The SMILES string of the molecule is Cc1nc2cccc(OC3CCC(NC(=O)COC4CCC(C)CC4)CC3)c2c(N)c1C(=O)O. The van der Waals surface area contributed by atoms with Gasteiger partial charge in [0.25, 0.3) is 0 Å². The number of amides is 1. The predicted molar refractivity (Wildman–Crippen MR) is 130 cm³/mol. The van der Waals surface area contributed by atoms with Crippen molar-refractivity contribution in [2.24, 2.45) is 5.92 Å². The van der Waals surface area contributed by atoms with Crippen LogP contribution in [0.15, 0.2) is 18.2 Å². The molecule has 4 N–H and O–H groups in total. The largest absolute Gasteiger partial charge is 0.490 e. The van der Waals surface area contributed by atoms with Crippen molar-refractivity contribution >= 4 is 28.5 Å². The highest BCUT2D eigenvalue weighted by Crippen LogP contribution is 2.35. The predicted octanol–water partition coefficient (Wildman–Crippen LogP) is 4.23. The number of hydrogen-bond acceptors (Lipinski definition) is 6. The summed E-state index contributed by atoms with van der Waals surface area (Å²) in [4.78, 5) is 28.4. The first kappa shape index (κ1) is 24.3. The lowest BCUT2D eigenvalue weighted by atomic mass is 9.89. The van der Waals surface area contributed by atoms with E-state index in [2.05, 4.69) is 17.2 Å². The number of benzene rings is 1. The second-order valence-electron chi connectivity index (χ2n) is 9.79. The van der Waals surface area contributed by atoms with E-state index in [1.165, 1.54) is 12.8 Å². The van der Waals surface area contributed by atoms with E-state index in [4.69, 9.17) is 15.2 Å². The molecule has 2 aliphatic rings. The summed E-state index contributed by atoms with van der Waals surface area (Å²) in [5.41, 5.74) is 7.42. The van der Waals surface area contributed by atoms with Crippen molar-refractivity contribution in [1.82, 2.24) is 10.3 Å². The molecule has 2 saturated carbocycles. The van der Waals surface area contributed by atoms with E-state index in [0.29, 0.717) is 22.3 Å². The Kier molecular flexibility index (Phi) is 7.56. The zero-order valence-electron chi connectivity index (χ0n) is 20.0. The van der Waals surface area contributed by atoms with Gasteiger partial charge in [0.2, 0.25) is 5.91 Å². The molecule has 0 atom stereocenters. The van der Waals surface area contributed by atoms with Gasteiger partial charge in [-0.25, -0.2) is 4.79 Å². The van der Waals surface area contributed by atoms with Crippen molar-refractivity contribution in [3.63, 3.8) is 0 Å². The number of rotatable bonds is 7. The van der Waals surface area contributed by atoms with Gasteiger partial charge in [-0.1, -0.05) is 13.0 Å². The van der Waals surface area contributed by atoms with Crippen LogP contribution in [-0.2, 0) is 9.53 Å². The number of carbonyl (C=O) groups excluding carboxylic acids is 1. The number of aromatic carboxylic acids is 1. The molecule has 4 rings (SSSR count). The molecule has 8 nitrogen and oxygen atoms in total. The Labute approximate surface area is 200 Å². The molecular weight excluding hydrogens is 434 g/mol. The highest BCUT2D eigenvalue weighted by atomic mass is 16.5. The van der Waals surface area contributed by atoms with Crippen molar-refractivity contribution in [1.29, 1.82) is 0 Å². The molecule has 8 heteroatoms. The number of carboxylic acid groups (broad SMARTS) is 1. The number of carbonyl (C=O) groups is 2. The average molecular weight is 470 g/mol. The van der Waals surface area contributed by atoms with Crippen molar-refractivity contribution in [2.45, 2.75) is 83.5 Å². The molecule has 0 saturated heterocycles. The topological polar surface area (TPSA) is 124 Å². The van der Waals surface area contributed by atoms with Crippen LogP contribution in [0.25, 0.3) is 10.9 Å². The van der Waals surface area contributed by atoms with Crippen LogP contribution in [0.3, 0.4) is 0 Å². The Morgan fingerprint density at radius 1 is 1.09 bits per heavy atom. The molecule has 2 fully saturated rings. The normalized spacial score (nSPS) is 25.1. The molecule has 0 bridgehead atoms. The summed E-state index contributed by atoms with van der Waals surface area (Å²) in [7, 11) is 0. The Hall–Kier alpha value is -2.87. The van der Waals surface area contributed by atoms with Crippen molar-refractivity contribution in [3.8, 4) is 5.75 Å². The van der Waals surface area contributed by atoms with E-state index < -0.39 is 5.97 Å². The monoisotopic (exact) mass is 469 g/mol. The van der Waals surface area contributed by atoms with Crippen molar-refractivity contribution in [2.75, 3.05) is 12.3 Å². The highest BCUT2D eigenvalue weighted by molar-refractivity contribution is 6.06. The van der Waals surface area contributed by atoms with Crippen LogP contribution < -0.4 is 15.8 Å². The van der Waals surface area contributed by atoms with Gasteiger partial charge in [0.15, 0.2) is 0 Å². The highest BCUT2D eigenvalue weighted by Gasteiger charge is 2.26. The fourth-order valence-corrected chi connectivity index (χ4v) is 5.17. The number of aromatic nitrogens is 1. The number of pyridine rings is 1. The molecule has 0 unspecified atom stereocenters. The summed E-state index contributed by atoms with van der Waals surface area (Å²) >= 11 is 0. The van der Waals surface area contributed by atoms with E-state index in [1.54, 1.807) is 19.1 Å². The zero-order valence-corrected chi connectivity index (χ0v) is 20.0. The fourth-order valence-electron chi connectivity index (χ4n) is 5.17. The Morgan fingerprint density at radius 2 is 1.76 bits per heavy atom. The molecule has 0 spiro atoms. The number of anilines is 1. The van der Waals surface area contributed by atoms with Crippen molar-refractivity contribution in [3.05, 3.63) is 29.5 Å². The number of hydrogen-bond donors (Lipinski definition) is 3. The minimum atomic E-state index is -1.10. The number of nitrogens with two attached hydrogens (primary N) is 1. The number of nitrogens with one attached hydrogen (secondary N) is 1. The van der Waals surface area contributed by atoms with Gasteiger partial charge in [0, 0.05) is 6.04 Å². The lowest BCUT2D eigenvalue weighted by Crippen LogP contribution is -2.41. The smallest absolute Gasteiger partial charge is 0.339 e. The van der Waals surface area contributed by atoms with E-state index in [0.717, 1.165) is 44.4 Å². The average Bonchev–Trinajstić information content (AvgIpc) is 2.79. The summed E-state index contributed by atoms with van der Waals surface area (Å²) in [6.07, 6.45) is 7.80. The third kappa shape index (κ3) is 5.60. The summed E-state index contributed by atoms with van der Waals surface area (Å²) in [5.74, 6) is 0.161. The molecule has 1 amide bonds. The van der Waals surface area contributed by atoms with E-state index >= 15 is 0 Å². The first-order chi connectivity index (χ1) is 16.3. The third-order valence-electron chi connectivity index (χ3n) is 7.15. The van der Waals surface area contributed by atoms with Gasteiger partial charge in [-0.2, -0.15) is 0 Å². The second kappa shape index (κ2) is 10.6. The van der Waals surface area contributed by atoms with E-state index in [9.17, 15) is 14.7 Å². The standard InChI is InChI=1S/C26H35N3O5/c1-15-6-10-18(11-7-15)33-14-22(30)29-17-8-12-19(13-9-17)34-21-5-3-4-20-24(21)25(27)23(26(31)32)16(2)28-20/h3-5,15,17-19H,6-14H2,1-2H3,(H2,27,28)(H,29,30)(H,31,32). The van der Waals surface area contributed by atoms with Gasteiger partial charge in [-0.05, 0) is 76.3 Å². The first-order valence-electron chi connectivity index (χ1n) is 12.3. The maximum absolute atomic E-state index is 12.4. The van der Waals surface area contributed by atoms with Gasteiger partial charge in [0.05, 0.1) is 34.5 Å². The molecule has 1 aromatic heterocycles. The maximum atomic E-state index is 12.4. The van der Waals surface area contributed by atoms with Gasteiger partial charge in [0.1, 0.15) is 17.9 Å². The lowest BCUT2D eigenvalue weighted by molar-refractivity contribution is -0.129. The van der Waals surface area contributed by atoms with Gasteiger partial charge in [-0.3, -0.25) is 9.78 Å². The molecule has 2 aromatic rings. The first-order valence-corrected chi connectivity index (χ1v) is 12.3. The van der Waals surface area contributed by atoms with Gasteiger partial charge in [-0.15, -0.1) is 0 Å². The number of fused-ring (bicyclic) bond motifs is 1. The third-order valence-corrected chi connectivity index (χ3v) is 7.15. The van der Waals surface area contributed by atoms with Gasteiger partial charge >= 0.3 is 5.97 Å². The number of carboxylic acids is 1. The number of nitrogens with zero attached hydrogens (tertiary/aromatic N) is 1. The van der Waals surface area contributed by atoms with Crippen LogP contribution >= 0.6 is 0 Å². The molecular formula is C26H35N3O5. The summed E-state index contributed by atoms with van der Waals surface area (Å²) in [5, 5.41) is 13.2. The Balaban J connectivity index is 1.31. The summed E-state index contributed by atoms with van der Waals surface area (Å²) < 4.78 is 12.1. The quantitative estimate of drug-likeness (QED) is 0.554. The van der Waals surface area contributed by atoms with Crippen LogP contribution in [-0.4, -0.2) is 46.8 Å². The molecule has 34 heavy (non-hydrogen) atoms. The maximum Gasteiger partial charge on any atom is 0.339 e. The minimum absolute atomic E-state index is 0.0138. The fraction of sp³-hybridized carbons (Fsp3) is 0.577. The minimum Gasteiger partial charge on any atom is -0.490 e. The summed E-state index contributed by atoms with van der Waals surface area (Å²) in [6, 6.07) is 5.56. The molecule has 0 aliphatic heterocycles. The van der Waals surface area contributed by atoms with E-state index in [-0.39, 0.29) is 42.0 Å². The van der Waals surface area contributed by atoms with Gasteiger partial charge < -0.3 is 25.6 Å². The Morgan fingerprint density at radius 3 is 2.44 bits per heavy atom. The van der Waals surface area contributed by atoms with Crippen LogP contribution in [0.5, 0.6) is 5.75 Å². The van der Waals surface area contributed by atoms with E-state index in [1.807, 2.05) is 6.07 Å². The number of ether oxygens (including phenoxy) is 2. The second-order valence-corrected chi connectivity index (χ2v) is 9.79. The van der Waals surface area contributed by atoms with Crippen LogP contribution in [0.2, 0.25) is 0 Å². The van der Waals surface area contributed by atoms with Crippen molar-refractivity contribution < 1.29 is 24.2 Å². The molecule has 2 aliphatic carbocycles. The molecule has 1 aromatic carbocycles.